The number of hydrogen-bond donors (Lipinski definition) is 0. The highest BCUT2D eigenvalue weighted by molar-refractivity contribution is 5.48. The van der Waals surface area contributed by atoms with Crippen molar-refractivity contribution >= 4 is 6.29 Å². The van der Waals surface area contributed by atoms with Gasteiger partial charge >= 0.3 is 0 Å². The van der Waals surface area contributed by atoms with E-state index in [0.29, 0.717) is 0 Å². The lowest BCUT2D eigenvalue weighted by Crippen LogP contribution is -2.16. The third-order valence-electron chi connectivity index (χ3n) is 3.71. The minimum Gasteiger partial charge on any atom is -0.303 e. The number of carbonyl (C=O) groups excluding carboxylic acids is 1. The normalized spacial score (nSPS) is 26.9. The topological polar surface area (TPSA) is 17.1 Å². The monoisotopic (exact) mass is 210 g/mol. The Morgan fingerprint density at radius 3 is 2.27 bits per heavy atom. The molecule has 1 fully saturated rings. The Morgan fingerprint density at radius 2 is 1.73 bits per heavy atom. The van der Waals surface area contributed by atoms with Gasteiger partial charge in [0.05, 0.1) is 0 Å². The Hall–Kier alpha value is -0.330. The summed E-state index contributed by atoms with van der Waals surface area (Å²) in [4.78, 5) is 10.2. The second kappa shape index (κ2) is 7.03. The minimum atomic E-state index is 0.770. The van der Waals surface area contributed by atoms with Crippen molar-refractivity contribution in [3.05, 3.63) is 0 Å². The maximum atomic E-state index is 10.2. The van der Waals surface area contributed by atoms with Crippen molar-refractivity contribution in [1.82, 2.24) is 0 Å². The molecule has 0 atom stereocenters. The second-order valence-corrected chi connectivity index (χ2v) is 5.61. The molecule has 0 aromatic carbocycles. The Kier molecular flexibility index (Phi) is 5.97. The molecule has 0 spiro atoms. The van der Waals surface area contributed by atoms with Gasteiger partial charge in [0, 0.05) is 6.42 Å². The zero-order chi connectivity index (χ0) is 11.1. The fourth-order valence-electron chi connectivity index (χ4n) is 2.91. The van der Waals surface area contributed by atoms with Gasteiger partial charge in [-0.15, -0.1) is 0 Å². The van der Waals surface area contributed by atoms with Crippen LogP contribution in [0.25, 0.3) is 0 Å². The van der Waals surface area contributed by atoms with Gasteiger partial charge in [-0.25, -0.2) is 0 Å². The zero-order valence-corrected chi connectivity index (χ0v) is 10.4. The van der Waals surface area contributed by atoms with Crippen molar-refractivity contribution in [3.63, 3.8) is 0 Å². The fraction of sp³-hybridized carbons (Fsp3) is 0.929. The molecule has 0 N–H and O–H groups in total. The minimum absolute atomic E-state index is 0.770. The molecule has 0 amide bonds. The molecule has 0 bridgehead atoms. The summed E-state index contributed by atoms with van der Waals surface area (Å²) in [5.74, 6) is 2.78. The van der Waals surface area contributed by atoms with Gasteiger partial charge in [-0.05, 0) is 30.6 Å². The molecule has 1 saturated carbocycles. The first-order valence-electron chi connectivity index (χ1n) is 6.66. The predicted octanol–water partition coefficient (Wildman–Crippen LogP) is 4.21. The third kappa shape index (κ3) is 5.34. The van der Waals surface area contributed by atoms with Crippen molar-refractivity contribution in [2.24, 2.45) is 17.8 Å². The third-order valence-corrected chi connectivity index (χ3v) is 3.71. The number of hydrogen-bond acceptors (Lipinski definition) is 1. The Balaban J connectivity index is 2.09. The average molecular weight is 210 g/mol. The van der Waals surface area contributed by atoms with Crippen LogP contribution in [0, 0.1) is 17.8 Å². The van der Waals surface area contributed by atoms with E-state index < -0.39 is 0 Å². The van der Waals surface area contributed by atoms with Crippen LogP contribution in [0.1, 0.15) is 65.2 Å². The van der Waals surface area contributed by atoms with Crippen molar-refractivity contribution in [1.29, 1.82) is 0 Å². The molecule has 0 radical (unpaired) electrons. The first-order valence-corrected chi connectivity index (χ1v) is 6.66. The highest BCUT2D eigenvalue weighted by Gasteiger charge is 2.21. The Bertz CT molecular complexity index is 166. The smallest absolute Gasteiger partial charge is 0.119 e. The lowest BCUT2D eigenvalue weighted by Gasteiger charge is -2.29. The molecule has 88 valence electrons. The molecule has 1 aliphatic rings. The summed E-state index contributed by atoms with van der Waals surface area (Å²) < 4.78 is 0. The molecule has 0 unspecified atom stereocenters. The molecule has 0 aliphatic heterocycles. The van der Waals surface area contributed by atoms with Crippen LogP contribution in [0.3, 0.4) is 0 Å². The average Bonchev–Trinajstić information content (AvgIpc) is 2.20. The van der Waals surface area contributed by atoms with Crippen LogP contribution in [0.4, 0.5) is 0 Å². The summed E-state index contributed by atoms with van der Waals surface area (Å²) in [6.45, 7) is 4.66. The first-order chi connectivity index (χ1) is 7.22. The fourth-order valence-corrected chi connectivity index (χ4v) is 2.91. The van der Waals surface area contributed by atoms with Gasteiger partial charge in [-0.3, -0.25) is 0 Å². The van der Waals surface area contributed by atoms with Gasteiger partial charge in [-0.2, -0.15) is 0 Å². The van der Waals surface area contributed by atoms with Gasteiger partial charge in [0.2, 0.25) is 0 Å². The largest absolute Gasteiger partial charge is 0.303 e. The second-order valence-electron chi connectivity index (χ2n) is 5.61. The number of carbonyl (C=O) groups is 1. The van der Waals surface area contributed by atoms with Gasteiger partial charge in [0.15, 0.2) is 0 Å². The lowest BCUT2D eigenvalue weighted by molar-refractivity contribution is -0.108. The molecule has 0 aromatic heterocycles. The molecule has 1 rings (SSSR count). The highest BCUT2D eigenvalue weighted by atomic mass is 16.1. The van der Waals surface area contributed by atoms with E-state index in [2.05, 4.69) is 13.8 Å². The first kappa shape index (κ1) is 12.7. The SMILES string of the molecule is CC(C)CC1CCC(CCCC=O)CC1. The molecule has 15 heavy (non-hydrogen) atoms. The van der Waals surface area contributed by atoms with Crippen LogP contribution < -0.4 is 0 Å². The molecule has 1 heteroatoms. The Labute approximate surface area is 94.6 Å². The van der Waals surface area contributed by atoms with E-state index in [4.69, 9.17) is 0 Å². The van der Waals surface area contributed by atoms with E-state index in [9.17, 15) is 4.79 Å². The van der Waals surface area contributed by atoms with E-state index in [-0.39, 0.29) is 0 Å². The summed E-state index contributed by atoms with van der Waals surface area (Å²) in [7, 11) is 0. The summed E-state index contributed by atoms with van der Waals surface area (Å²) in [6, 6.07) is 0. The number of unbranched alkanes of at least 4 members (excludes halogenated alkanes) is 1. The molecule has 1 nitrogen and oxygen atoms in total. The van der Waals surface area contributed by atoms with E-state index in [1.54, 1.807) is 0 Å². The summed E-state index contributed by atoms with van der Waals surface area (Å²) in [5.41, 5.74) is 0. The van der Waals surface area contributed by atoms with E-state index in [1.807, 2.05) is 0 Å². The molecule has 0 aromatic rings. The molecular formula is C14H26O. The molecular weight excluding hydrogens is 184 g/mol. The maximum absolute atomic E-state index is 10.2. The van der Waals surface area contributed by atoms with Gasteiger partial charge < -0.3 is 4.79 Å². The van der Waals surface area contributed by atoms with Crippen LogP contribution in [0.2, 0.25) is 0 Å². The quantitative estimate of drug-likeness (QED) is 0.474. The van der Waals surface area contributed by atoms with Crippen molar-refractivity contribution < 1.29 is 4.79 Å². The van der Waals surface area contributed by atoms with Gasteiger partial charge in [-0.1, -0.05) is 46.0 Å². The van der Waals surface area contributed by atoms with E-state index in [1.165, 1.54) is 38.5 Å². The number of aldehydes is 1. The molecule has 0 saturated heterocycles. The van der Waals surface area contributed by atoms with Crippen LogP contribution >= 0.6 is 0 Å². The lowest BCUT2D eigenvalue weighted by atomic mass is 9.77. The van der Waals surface area contributed by atoms with Crippen LogP contribution in [0.5, 0.6) is 0 Å². The maximum Gasteiger partial charge on any atom is 0.119 e. The number of rotatable bonds is 6. The summed E-state index contributed by atoms with van der Waals surface area (Å²) >= 11 is 0. The zero-order valence-electron chi connectivity index (χ0n) is 10.4. The highest BCUT2D eigenvalue weighted by Crippen LogP contribution is 2.34. The molecule has 1 aliphatic carbocycles. The van der Waals surface area contributed by atoms with Crippen LogP contribution in [-0.4, -0.2) is 6.29 Å². The van der Waals surface area contributed by atoms with Gasteiger partial charge in [0.1, 0.15) is 6.29 Å². The van der Waals surface area contributed by atoms with Gasteiger partial charge in [0.25, 0.3) is 0 Å². The van der Waals surface area contributed by atoms with E-state index >= 15 is 0 Å². The van der Waals surface area contributed by atoms with Crippen molar-refractivity contribution in [2.75, 3.05) is 0 Å². The van der Waals surface area contributed by atoms with Crippen molar-refractivity contribution in [2.45, 2.75) is 65.2 Å². The molecule has 0 heterocycles. The standard InChI is InChI=1S/C14H26O/c1-12(2)11-14-8-6-13(7-9-14)5-3-4-10-15/h10,12-14H,3-9,11H2,1-2H3. The predicted molar refractivity (Wildman–Crippen MR) is 64.8 cm³/mol. The van der Waals surface area contributed by atoms with Crippen LogP contribution in [-0.2, 0) is 4.79 Å². The Morgan fingerprint density at radius 1 is 1.13 bits per heavy atom. The summed E-state index contributed by atoms with van der Waals surface area (Å²) in [6.07, 6.45) is 11.3. The van der Waals surface area contributed by atoms with E-state index in [0.717, 1.165) is 36.9 Å². The van der Waals surface area contributed by atoms with Crippen molar-refractivity contribution in [3.8, 4) is 0 Å². The summed E-state index contributed by atoms with van der Waals surface area (Å²) in [5, 5.41) is 0. The van der Waals surface area contributed by atoms with Crippen LogP contribution in [0.15, 0.2) is 0 Å².